The number of carbonyl (C=O) groups excluding carboxylic acids is 1. The molecule has 0 unspecified atom stereocenters. The maximum Gasteiger partial charge on any atom is 0.338 e. The first-order chi connectivity index (χ1) is 9.60. The summed E-state index contributed by atoms with van der Waals surface area (Å²) in [6.07, 6.45) is 0. The third kappa shape index (κ3) is 4.01. The molecule has 0 aromatic heterocycles. The van der Waals surface area contributed by atoms with Gasteiger partial charge in [0.05, 0.1) is 17.2 Å². The summed E-state index contributed by atoms with van der Waals surface area (Å²) in [6.45, 7) is 2.13. The maximum absolute atomic E-state index is 11.6. The van der Waals surface area contributed by atoms with Gasteiger partial charge in [-0.2, -0.15) is 0 Å². The highest BCUT2D eigenvalue weighted by atomic mass is 79.9. The van der Waals surface area contributed by atoms with E-state index in [1.807, 2.05) is 30.3 Å². The third-order valence-corrected chi connectivity index (χ3v) is 4.52. The number of esters is 1. The molecule has 0 heterocycles. The molecule has 0 saturated heterocycles. The normalized spacial score (nSPS) is 10.3. The number of hydrogen-bond acceptors (Lipinski definition) is 3. The molecule has 0 bridgehead atoms. The molecule has 2 aromatic carbocycles. The van der Waals surface area contributed by atoms with Crippen molar-refractivity contribution in [1.29, 1.82) is 0 Å². The summed E-state index contributed by atoms with van der Waals surface area (Å²) in [5.74, 6) is -0.352. The average Bonchev–Trinajstić information content (AvgIpc) is 2.43. The Kier molecular flexibility index (Phi) is 5.52. The summed E-state index contributed by atoms with van der Waals surface area (Å²) < 4.78 is 5.98. The molecule has 0 amide bonds. The second-order valence-corrected chi connectivity index (χ2v) is 6.36. The van der Waals surface area contributed by atoms with Crippen LogP contribution in [0.5, 0.6) is 0 Å². The minimum absolute atomic E-state index is 0.352. The molecular formula is C15H12BrClO2S. The summed E-state index contributed by atoms with van der Waals surface area (Å²) in [5, 5.41) is 0.545. The summed E-state index contributed by atoms with van der Waals surface area (Å²) in [4.78, 5) is 13.6. The van der Waals surface area contributed by atoms with Crippen LogP contribution in [0.1, 0.15) is 17.3 Å². The Morgan fingerprint density at radius 3 is 2.55 bits per heavy atom. The first-order valence-electron chi connectivity index (χ1n) is 6.00. The van der Waals surface area contributed by atoms with Crippen molar-refractivity contribution in [3.05, 3.63) is 57.5 Å². The Labute approximate surface area is 135 Å². The van der Waals surface area contributed by atoms with Crippen LogP contribution < -0.4 is 0 Å². The zero-order valence-corrected chi connectivity index (χ0v) is 13.9. The summed E-state index contributed by atoms with van der Waals surface area (Å²) in [7, 11) is 0. The molecule has 0 aliphatic rings. The average molecular weight is 372 g/mol. The largest absolute Gasteiger partial charge is 0.462 e. The van der Waals surface area contributed by atoms with E-state index in [0.717, 1.165) is 14.3 Å². The van der Waals surface area contributed by atoms with Crippen molar-refractivity contribution in [2.24, 2.45) is 0 Å². The van der Waals surface area contributed by atoms with Crippen molar-refractivity contribution in [2.45, 2.75) is 16.7 Å². The second kappa shape index (κ2) is 7.16. The van der Waals surface area contributed by atoms with Gasteiger partial charge in [0, 0.05) is 14.3 Å². The van der Waals surface area contributed by atoms with Crippen LogP contribution in [0.4, 0.5) is 0 Å². The van der Waals surface area contributed by atoms with Gasteiger partial charge in [-0.15, -0.1) is 0 Å². The van der Waals surface area contributed by atoms with Crippen molar-refractivity contribution < 1.29 is 9.53 Å². The van der Waals surface area contributed by atoms with E-state index in [2.05, 4.69) is 15.9 Å². The van der Waals surface area contributed by atoms with Gasteiger partial charge in [0.1, 0.15) is 0 Å². The van der Waals surface area contributed by atoms with Crippen LogP contribution in [0.3, 0.4) is 0 Å². The quantitative estimate of drug-likeness (QED) is 0.670. The molecule has 0 aliphatic carbocycles. The molecule has 2 nitrogen and oxygen atoms in total. The van der Waals surface area contributed by atoms with E-state index in [1.54, 1.807) is 30.8 Å². The van der Waals surface area contributed by atoms with Gasteiger partial charge in [-0.1, -0.05) is 39.3 Å². The molecule has 104 valence electrons. The van der Waals surface area contributed by atoms with Crippen molar-refractivity contribution in [2.75, 3.05) is 6.61 Å². The maximum atomic E-state index is 11.6. The highest BCUT2D eigenvalue weighted by Crippen LogP contribution is 2.34. The highest BCUT2D eigenvalue weighted by Gasteiger charge is 2.10. The Morgan fingerprint density at radius 2 is 1.95 bits per heavy atom. The molecule has 0 fully saturated rings. The number of ether oxygens (including phenoxy) is 1. The predicted molar refractivity (Wildman–Crippen MR) is 85.7 cm³/mol. The lowest BCUT2D eigenvalue weighted by atomic mass is 10.2. The van der Waals surface area contributed by atoms with Crippen LogP contribution in [0.2, 0.25) is 5.02 Å². The van der Waals surface area contributed by atoms with Crippen LogP contribution in [0, 0.1) is 0 Å². The molecule has 0 aliphatic heterocycles. The molecule has 20 heavy (non-hydrogen) atoms. The van der Waals surface area contributed by atoms with E-state index >= 15 is 0 Å². The number of hydrogen-bond donors (Lipinski definition) is 0. The summed E-state index contributed by atoms with van der Waals surface area (Å²) in [5.41, 5.74) is 0.469. The fraction of sp³-hybridized carbons (Fsp3) is 0.133. The highest BCUT2D eigenvalue weighted by molar-refractivity contribution is 9.10. The molecule has 0 atom stereocenters. The first kappa shape index (κ1) is 15.4. The fourth-order valence-corrected chi connectivity index (χ4v) is 2.93. The zero-order chi connectivity index (χ0) is 14.5. The van der Waals surface area contributed by atoms with E-state index in [1.165, 1.54) is 0 Å². The number of rotatable bonds is 4. The van der Waals surface area contributed by atoms with Gasteiger partial charge < -0.3 is 4.74 Å². The van der Waals surface area contributed by atoms with E-state index < -0.39 is 0 Å². The summed E-state index contributed by atoms with van der Waals surface area (Å²) in [6, 6.07) is 13.2. The van der Waals surface area contributed by atoms with Gasteiger partial charge in [0.25, 0.3) is 0 Å². The Morgan fingerprint density at radius 1 is 1.25 bits per heavy atom. The smallest absolute Gasteiger partial charge is 0.338 e. The lowest BCUT2D eigenvalue weighted by Gasteiger charge is -2.07. The number of halogens is 2. The van der Waals surface area contributed by atoms with E-state index in [4.69, 9.17) is 16.3 Å². The number of benzene rings is 2. The topological polar surface area (TPSA) is 26.3 Å². The van der Waals surface area contributed by atoms with E-state index in [0.29, 0.717) is 17.2 Å². The van der Waals surface area contributed by atoms with Gasteiger partial charge in [-0.3, -0.25) is 0 Å². The Hall–Kier alpha value is -0.970. The molecule has 2 rings (SSSR count). The van der Waals surface area contributed by atoms with Crippen LogP contribution in [-0.4, -0.2) is 12.6 Å². The standard InChI is InChI=1S/C15H12BrClO2S/c1-2-19-15(18)10-3-8-14(13(17)9-10)20-12-6-4-11(16)5-7-12/h3-9H,2H2,1H3. The molecule has 0 spiro atoms. The third-order valence-electron chi connectivity index (χ3n) is 2.48. The lowest BCUT2D eigenvalue weighted by Crippen LogP contribution is -2.04. The molecule has 5 heteroatoms. The van der Waals surface area contributed by atoms with Crippen LogP contribution in [-0.2, 0) is 4.74 Å². The van der Waals surface area contributed by atoms with E-state index in [-0.39, 0.29) is 5.97 Å². The lowest BCUT2D eigenvalue weighted by molar-refractivity contribution is 0.0526. The molecule has 0 saturated carbocycles. The van der Waals surface area contributed by atoms with Crippen LogP contribution >= 0.6 is 39.3 Å². The van der Waals surface area contributed by atoms with Crippen molar-refractivity contribution in [3.63, 3.8) is 0 Å². The van der Waals surface area contributed by atoms with Gasteiger partial charge in [0.2, 0.25) is 0 Å². The number of carbonyl (C=O) groups is 1. The molecule has 0 radical (unpaired) electrons. The second-order valence-electron chi connectivity index (χ2n) is 3.92. The van der Waals surface area contributed by atoms with Gasteiger partial charge >= 0.3 is 5.97 Å². The van der Waals surface area contributed by atoms with Crippen LogP contribution in [0.15, 0.2) is 56.7 Å². The van der Waals surface area contributed by atoms with Crippen molar-refractivity contribution in [1.82, 2.24) is 0 Å². The van der Waals surface area contributed by atoms with Gasteiger partial charge in [0.15, 0.2) is 0 Å². The zero-order valence-electron chi connectivity index (χ0n) is 10.7. The minimum atomic E-state index is -0.352. The Bertz CT molecular complexity index is 614. The Balaban J connectivity index is 2.17. The fourth-order valence-electron chi connectivity index (χ4n) is 1.55. The monoisotopic (exact) mass is 370 g/mol. The van der Waals surface area contributed by atoms with Crippen molar-refractivity contribution in [3.8, 4) is 0 Å². The van der Waals surface area contributed by atoms with Crippen molar-refractivity contribution >= 4 is 45.3 Å². The predicted octanol–water partition coefficient (Wildman–Crippen LogP) is 5.43. The van der Waals surface area contributed by atoms with Gasteiger partial charge in [-0.05, 0) is 49.4 Å². The summed E-state index contributed by atoms with van der Waals surface area (Å²) >= 11 is 11.2. The molecule has 0 N–H and O–H groups in total. The minimum Gasteiger partial charge on any atom is -0.462 e. The van der Waals surface area contributed by atoms with Crippen LogP contribution in [0.25, 0.3) is 0 Å². The first-order valence-corrected chi connectivity index (χ1v) is 7.99. The molecular weight excluding hydrogens is 360 g/mol. The SMILES string of the molecule is CCOC(=O)c1ccc(Sc2ccc(Br)cc2)c(Cl)c1. The van der Waals surface area contributed by atoms with Gasteiger partial charge in [-0.25, -0.2) is 4.79 Å². The molecule has 2 aromatic rings. The van der Waals surface area contributed by atoms with E-state index in [9.17, 15) is 4.79 Å².